The van der Waals surface area contributed by atoms with Crippen molar-refractivity contribution in [1.29, 1.82) is 0 Å². The van der Waals surface area contributed by atoms with Crippen molar-refractivity contribution in [1.82, 2.24) is 5.32 Å². The van der Waals surface area contributed by atoms with Crippen LogP contribution in [0.3, 0.4) is 0 Å². The Morgan fingerprint density at radius 3 is 2.67 bits per heavy atom. The summed E-state index contributed by atoms with van der Waals surface area (Å²) in [6.45, 7) is 9.97. The summed E-state index contributed by atoms with van der Waals surface area (Å²) in [5, 5.41) is 3.35. The van der Waals surface area contributed by atoms with Crippen LogP contribution in [-0.2, 0) is 9.53 Å². The summed E-state index contributed by atoms with van der Waals surface area (Å²) in [5.41, 5.74) is 0. The Bertz CT molecular complexity index is 342. The molecule has 2 rings (SSSR count). The maximum absolute atomic E-state index is 12.5. The average molecular weight is 295 g/mol. The maximum atomic E-state index is 12.5. The number of piperidine rings is 1. The topological polar surface area (TPSA) is 38.3 Å². The van der Waals surface area contributed by atoms with E-state index in [1.165, 1.54) is 25.7 Å². The highest BCUT2D eigenvalue weighted by atomic mass is 16.5. The quantitative estimate of drug-likeness (QED) is 0.802. The van der Waals surface area contributed by atoms with Crippen LogP contribution in [0.1, 0.15) is 66.2 Å². The van der Waals surface area contributed by atoms with Crippen LogP contribution in [-0.4, -0.2) is 24.7 Å². The van der Waals surface area contributed by atoms with E-state index < -0.39 is 0 Å². The molecule has 1 heterocycles. The molecule has 2 fully saturated rings. The van der Waals surface area contributed by atoms with Crippen molar-refractivity contribution in [2.75, 3.05) is 6.54 Å². The number of esters is 1. The van der Waals surface area contributed by atoms with Crippen LogP contribution in [0.25, 0.3) is 0 Å². The molecule has 1 aliphatic carbocycles. The molecule has 0 bridgehead atoms. The van der Waals surface area contributed by atoms with Gasteiger partial charge in [0.05, 0.1) is 0 Å². The smallest absolute Gasteiger partial charge is 0.323 e. The van der Waals surface area contributed by atoms with E-state index in [0.717, 1.165) is 19.4 Å². The maximum Gasteiger partial charge on any atom is 0.323 e. The van der Waals surface area contributed by atoms with Gasteiger partial charge in [-0.25, -0.2) is 0 Å². The summed E-state index contributed by atoms with van der Waals surface area (Å²) in [5.74, 6) is 2.49. The molecule has 1 saturated heterocycles. The Morgan fingerprint density at radius 2 is 2.00 bits per heavy atom. The van der Waals surface area contributed by atoms with Crippen LogP contribution < -0.4 is 5.32 Å². The zero-order valence-corrected chi connectivity index (χ0v) is 14.2. The minimum absolute atomic E-state index is 0.00194. The number of hydrogen-bond donors (Lipinski definition) is 1. The summed E-state index contributed by atoms with van der Waals surface area (Å²) >= 11 is 0. The van der Waals surface area contributed by atoms with Crippen molar-refractivity contribution in [2.24, 2.45) is 23.7 Å². The van der Waals surface area contributed by atoms with Gasteiger partial charge in [-0.3, -0.25) is 4.79 Å². The summed E-state index contributed by atoms with van der Waals surface area (Å²) < 4.78 is 5.97. The molecular formula is C18H33NO2. The Balaban J connectivity index is 1.93. The van der Waals surface area contributed by atoms with Crippen LogP contribution >= 0.6 is 0 Å². The van der Waals surface area contributed by atoms with Crippen LogP contribution in [0, 0.1) is 23.7 Å². The largest absolute Gasteiger partial charge is 0.461 e. The third-order valence-electron chi connectivity index (χ3n) is 5.60. The van der Waals surface area contributed by atoms with Gasteiger partial charge >= 0.3 is 5.97 Å². The molecule has 0 aromatic rings. The van der Waals surface area contributed by atoms with E-state index in [1.54, 1.807) is 0 Å². The van der Waals surface area contributed by atoms with Gasteiger partial charge in [0.1, 0.15) is 12.1 Å². The fourth-order valence-electron chi connectivity index (χ4n) is 4.03. The van der Waals surface area contributed by atoms with Gasteiger partial charge in [-0.1, -0.05) is 40.5 Å². The predicted molar refractivity (Wildman–Crippen MR) is 86.0 cm³/mol. The highest BCUT2D eigenvalue weighted by molar-refractivity contribution is 5.76. The average Bonchev–Trinajstić information content (AvgIpc) is 2.47. The van der Waals surface area contributed by atoms with Crippen molar-refractivity contribution in [2.45, 2.75) is 78.4 Å². The lowest BCUT2D eigenvalue weighted by Gasteiger charge is -2.38. The highest BCUT2D eigenvalue weighted by Crippen LogP contribution is 2.35. The van der Waals surface area contributed by atoms with Crippen LogP contribution in [0.2, 0.25) is 0 Å². The highest BCUT2D eigenvalue weighted by Gasteiger charge is 2.35. The fraction of sp³-hybridized carbons (Fsp3) is 0.944. The standard InChI is InChI=1S/C18H33NO2/c1-5-14-8-9-19-16(11-14)18(20)21-17-10-13(4)6-7-15(17)12(2)3/h12-17,19H,5-11H2,1-4H3. The Hall–Kier alpha value is -0.570. The van der Waals surface area contributed by atoms with E-state index in [2.05, 4.69) is 33.0 Å². The molecule has 5 unspecified atom stereocenters. The summed E-state index contributed by atoms with van der Waals surface area (Å²) in [7, 11) is 0. The normalized spacial score (nSPS) is 37.5. The molecule has 0 radical (unpaired) electrons. The van der Waals surface area contributed by atoms with Crippen molar-refractivity contribution in [3.8, 4) is 0 Å². The second-order valence-electron chi connectivity index (χ2n) is 7.61. The third-order valence-corrected chi connectivity index (χ3v) is 5.60. The van der Waals surface area contributed by atoms with Crippen LogP contribution in [0.4, 0.5) is 0 Å². The van der Waals surface area contributed by atoms with Gasteiger partial charge in [0, 0.05) is 0 Å². The van der Waals surface area contributed by atoms with Crippen molar-refractivity contribution >= 4 is 5.97 Å². The van der Waals surface area contributed by atoms with Crippen molar-refractivity contribution < 1.29 is 9.53 Å². The van der Waals surface area contributed by atoms with Gasteiger partial charge in [0.25, 0.3) is 0 Å². The fourth-order valence-corrected chi connectivity index (χ4v) is 4.03. The molecule has 21 heavy (non-hydrogen) atoms. The zero-order valence-electron chi connectivity index (χ0n) is 14.2. The molecule has 0 aromatic heterocycles. The number of carbonyl (C=O) groups excluding carboxylic acids is 1. The first-order valence-corrected chi connectivity index (χ1v) is 8.95. The molecule has 5 atom stereocenters. The van der Waals surface area contributed by atoms with E-state index in [9.17, 15) is 4.79 Å². The minimum Gasteiger partial charge on any atom is -0.461 e. The second-order valence-corrected chi connectivity index (χ2v) is 7.61. The van der Waals surface area contributed by atoms with Crippen LogP contribution in [0.5, 0.6) is 0 Å². The Labute approximate surface area is 130 Å². The number of rotatable bonds is 4. The minimum atomic E-state index is -0.0752. The first-order chi connectivity index (χ1) is 10.0. The molecule has 0 amide bonds. The van der Waals surface area contributed by atoms with Gasteiger partial charge < -0.3 is 10.1 Å². The van der Waals surface area contributed by atoms with Gasteiger partial charge in [-0.15, -0.1) is 0 Å². The lowest BCUT2D eigenvalue weighted by molar-refractivity contribution is -0.159. The second kappa shape index (κ2) is 7.62. The summed E-state index contributed by atoms with van der Waals surface area (Å²) in [6.07, 6.45) is 6.95. The SMILES string of the molecule is CCC1CCNC(C(=O)OC2CC(C)CCC2C(C)C)C1. The van der Waals surface area contributed by atoms with Gasteiger partial charge in [-0.05, 0) is 55.9 Å². The first-order valence-electron chi connectivity index (χ1n) is 8.95. The van der Waals surface area contributed by atoms with E-state index >= 15 is 0 Å². The monoisotopic (exact) mass is 295 g/mol. The molecule has 1 N–H and O–H groups in total. The molecular weight excluding hydrogens is 262 g/mol. The number of carbonyl (C=O) groups is 1. The lowest BCUT2D eigenvalue weighted by Crippen LogP contribution is -2.47. The molecule has 3 nitrogen and oxygen atoms in total. The van der Waals surface area contributed by atoms with E-state index in [4.69, 9.17) is 4.74 Å². The number of ether oxygens (including phenoxy) is 1. The van der Waals surface area contributed by atoms with E-state index in [0.29, 0.717) is 23.7 Å². The first kappa shape index (κ1) is 16.8. The van der Waals surface area contributed by atoms with Crippen molar-refractivity contribution in [3.05, 3.63) is 0 Å². The molecule has 122 valence electrons. The third kappa shape index (κ3) is 4.45. The molecule has 0 spiro atoms. The van der Waals surface area contributed by atoms with Gasteiger partial charge in [-0.2, -0.15) is 0 Å². The predicted octanol–water partition coefficient (Wildman–Crippen LogP) is 3.77. The summed E-state index contributed by atoms with van der Waals surface area (Å²) in [6, 6.07) is -0.0752. The van der Waals surface area contributed by atoms with Gasteiger partial charge in [0.15, 0.2) is 0 Å². The van der Waals surface area contributed by atoms with Crippen LogP contribution in [0.15, 0.2) is 0 Å². The molecule has 1 saturated carbocycles. The Morgan fingerprint density at radius 1 is 1.24 bits per heavy atom. The molecule has 1 aliphatic heterocycles. The van der Waals surface area contributed by atoms with E-state index in [1.807, 2.05) is 0 Å². The zero-order chi connectivity index (χ0) is 15.4. The molecule has 3 heteroatoms. The number of nitrogens with one attached hydrogen (secondary N) is 1. The van der Waals surface area contributed by atoms with Gasteiger partial charge in [0.2, 0.25) is 0 Å². The van der Waals surface area contributed by atoms with Crippen molar-refractivity contribution in [3.63, 3.8) is 0 Å². The number of hydrogen-bond acceptors (Lipinski definition) is 3. The molecule has 0 aromatic carbocycles. The lowest BCUT2D eigenvalue weighted by atomic mass is 9.75. The summed E-state index contributed by atoms with van der Waals surface area (Å²) in [4.78, 5) is 12.5. The van der Waals surface area contributed by atoms with E-state index in [-0.39, 0.29) is 18.1 Å². The molecule has 2 aliphatic rings. The Kier molecular flexibility index (Phi) is 6.09.